The summed E-state index contributed by atoms with van der Waals surface area (Å²) in [7, 11) is 0. The Bertz CT molecular complexity index is 1200. The molecule has 0 unspecified atom stereocenters. The summed E-state index contributed by atoms with van der Waals surface area (Å²) in [6.07, 6.45) is 62.7. The summed E-state index contributed by atoms with van der Waals surface area (Å²) in [5.74, 6) is -0.943. The van der Waals surface area contributed by atoms with Crippen molar-refractivity contribution in [2.24, 2.45) is 0 Å². The minimum absolute atomic E-state index is 0.0962. The molecule has 6 nitrogen and oxygen atoms in total. The molecule has 0 aliphatic rings. The van der Waals surface area contributed by atoms with Crippen LogP contribution < -0.4 is 0 Å². The van der Waals surface area contributed by atoms with Crippen LogP contribution in [0.2, 0.25) is 0 Å². The molecule has 0 aliphatic carbocycles. The third-order valence-electron chi connectivity index (χ3n) is 10.4. The topological polar surface area (TPSA) is 78.9 Å². The summed E-state index contributed by atoms with van der Waals surface area (Å²) in [4.78, 5) is 37.9. The molecule has 0 aromatic carbocycles. The Morgan fingerprint density at radius 1 is 0.344 bits per heavy atom. The highest BCUT2D eigenvalue weighted by molar-refractivity contribution is 5.71. The van der Waals surface area contributed by atoms with Crippen molar-refractivity contribution in [2.75, 3.05) is 13.2 Å². The number of carbonyl (C=O) groups excluding carboxylic acids is 3. The Balaban J connectivity index is 4.47. The normalized spacial score (nSPS) is 12.8. The highest BCUT2D eigenvalue weighted by atomic mass is 16.6. The van der Waals surface area contributed by atoms with Crippen LogP contribution in [-0.4, -0.2) is 37.2 Å². The van der Waals surface area contributed by atoms with Gasteiger partial charge in [-0.3, -0.25) is 14.4 Å². The quantitative estimate of drug-likeness (QED) is 0.0263. The average Bonchev–Trinajstić information content (AvgIpc) is 3.26. The molecule has 348 valence electrons. The van der Waals surface area contributed by atoms with Gasteiger partial charge in [0.15, 0.2) is 6.10 Å². The molecule has 0 rings (SSSR count). The summed E-state index contributed by atoms with van der Waals surface area (Å²) >= 11 is 0. The van der Waals surface area contributed by atoms with E-state index in [1.54, 1.807) is 0 Å². The van der Waals surface area contributed by atoms with Crippen molar-refractivity contribution in [3.8, 4) is 0 Å². The molecule has 0 fully saturated rings. The summed E-state index contributed by atoms with van der Waals surface area (Å²) in [6, 6.07) is 0. The van der Waals surface area contributed by atoms with Crippen LogP contribution in [0, 0.1) is 0 Å². The molecule has 0 heterocycles. The predicted molar refractivity (Wildman–Crippen MR) is 261 cm³/mol. The van der Waals surface area contributed by atoms with Gasteiger partial charge in [-0.1, -0.05) is 189 Å². The molecule has 0 radical (unpaired) electrons. The first-order valence-electron chi connectivity index (χ1n) is 25.1. The first kappa shape index (κ1) is 57.6. The molecule has 0 N–H and O–H groups in total. The average molecular weight is 849 g/mol. The van der Waals surface area contributed by atoms with Crippen molar-refractivity contribution in [1.29, 1.82) is 0 Å². The van der Waals surface area contributed by atoms with E-state index in [0.717, 1.165) is 148 Å². The lowest BCUT2D eigenvalue weighted by molar-refractivity contribution is -0.167. The second kappa shape index (κ2) is 49.2. The van der Waals surface area contributed by atoms with Crippen LogP contribution in [0.5, 0.6) is 0 Å². The lowest BCUT2D eigenvalue weighted by Crippen LogP contribution is -2.30. The van der Waals surface area contributed by atoms with Gasteiger partial charge in [0.25, 0.3) is 0 Å². The molecule has 0 aromatic rings. The number of allylic oxidation sites excluding steroid dienone is 14. The summed E-state index contributed by atoms with van der Waals surface area (Å²) in [5.41, 5.74) is 0. The van der Waals surface area contributed by atoms with E-state index in [-0.39, 0.29) is 31.1 Å². The van der Waals surface area contributed by atoms with Crippen molar-refractivity contribution >= 4 is 17.9 Å². The van der Waals surface area contributed by atoms with E-state index >= 15 is 0 Å². The van der Waals surface area contributed by atoms with E-state index in [1.165, 1.54) is 38.5 Å². The zero-order valence-corrected chi connectivity index (χ0v) is 39.7. The molecule has 1 atom stereocenters. The zero-order chi connectivity index (χ0) is 44.4. The van der Waals surface area contributed by atoms with Gasteiger partial charge in [-0.05, 0) is 103 Å². The number of rotatable bonds is 44. The van der Waals surface area contributed by atoms with Crippen LogP contribution in [-0.2, 0) is 28.6 Å². The first-order valence-corrected chi connectivity index (χ1v) is 25.1. The lowest BCUT2D eigenvalue weighted by atomic mass is 10.1. The monoisotopic (exact) mass is 849 g/mol. The molecule has 61 heavy (non-hydrogen) atoms. The Hall–Kier alpha value is -3.41. The summed E-state index contributed by atoms with van der Waals surface area (Å²) in [6.45, 7) is 6.39. The smallest absolute Gasteiger partial charge is 0.306 e. The van der Waals surface area contributed by atoms with Gasteiger partial charge in [-0.15, -0.1) is 0 Å². The molecular weight excluding hydrogens is 757 g/mol. The maximum absolute atomic E-state index is 12.8. The van der Waals surface area contributed by atoms with Gasteiger partial charge in [-0.25, -0.2) is 0 Å². The van der Waals surface area contributed by atoms with E-state index < -0.39 is 6.10 Å². The maximum Gasteiger partial charge on any atom is 0.306 e. The van der Waals surface area contributed by atoms with Crippen LogP contribution in [0.1, 0.15) is 226 Å². The zero-order valence-electron chi connectivity index (χ0n) is 39.7. The van der Waals surface area contributed by atoms with Gasteiger partial charge in [0.05, 0.1) is 0 Å². The second-order valence-electron chi connectivity index (χ2n) is 16.3. The lowest BCUT2D eigenvalue weighted by Gasteiger charge is -2.18. The Morgan fingerprint density at radius 2 is 0.639 bits per heavy atom. The van der Waals surface area contributed by atoms with Crippen LogP contribution in [0.3, 0.4) is 0 Å². The minimum atomic E-state index is -0.796. The van der Waals surface area contributed by atoms with Crippen LogP contribution in [0.15, 0.2) is 85.1 Å². The van der Waals surface area contributed by atoms with Crippen molar-refractivity contribution in [3.63, 3.8) is 0 Å². The fourth-order valence-electron chi connectivity index (χ4n) is 6.55. The molecule has 0 saturated carbocycles. The molecule has 6 heteroatoms. The number of carbonyl (C=O) groups is 3. The highest BCUT2D eigenvalue weighted by Crippen LogP contribution is 2.13. The van der Waals surface area contributed by atoms with Gasteiger partial charge >= 0.3 is 17.9 Å². The SMILES string of the molecule is CC/C=C\C/C=C\C/C=C\CCCCCCCC(=O)OC[C@@H](COC(=O)CCCCCCC/C=C\C/C=C\CCCC)OC(=O)CCCCCCC/C=C\C/C=C\CCCC. The van der Waals surface area contributed by atoms with E-state index in [4.69, 9.17) is 14.2 Å². The molecule has 0 bridgehead atoms. The van der Waals surface area contributed by atoms with Crippen LogP contribution in [0.4, 0.5) is 0 Å². The number of esters is 3. The van der Waals surface area contributed by atoms with Gasteiger partial charge in [0.1, 0.15) is 13.2 Å². The Labute approximate surface area is 375 Å². The molecule has 0 aromatic heterocycles. The van der Waals surface area contributed by atoms with Crippen LogP contribution >= 0.6 is 0 Å². The Kier molecular flexibility index (Phi) is 46.5. The third kappa shape index (κ3) is 47.5. The summed E-state index contributed by atoms with van der Waals surface area (Å²) < 4.78 is 16.7. The van der Waals surface area contributed by atoms with Crippen molar-refractivity contribution in [2.45, 2.75) is 232 Å². The standard InChI is InChI=1S/C55H92O6/c1-4-7-10-13-16-19-22-25-28-31-33-36-39-42-45-48-54(57)60-51-52(61-55(58)49-46-43-40-37-34-30-27-24-21-18-15-12-9-6-3)50-59-53(56)47-44-41-38-35-32-29-26-23-20-17-14-11-8-5-2/h7,10,14-19,23-28,52H,4-6,8-9,11-13,20-22,29-51H2,1-3H3/b10-7-,17-14-,18-15-,19-16-,26-23-,27-24-,28-25-/t52-/m1/s1. The molecule has 0 aliphatic heterocycles. The molecule has 0 saturated heterocycles. The number of hydrogen-bond donors (Lipinski definition) is 0. The van der Waals surface area contributed by atoms with Gasteiger partial charge in [0, 0.05) is 19.3 Å². The highest BCUT2D eigenvalue weighted by Gasteiger charge is 2.19. The molecule has 0 amide bonds. The number of ether oxygens (including phenoxy) is 3. The number of unbranched alkanes of at least 4 members (excludes halogenated alkanes) is 19. The van der Waals surface area contributed by atoms with E-state index in [2.05, 4.69) is 106 Å². The predicted octanol–water partition coefficient (Wildman–Crippen LogP) is 16.4. The first-order chi connectivity index (χ1) is 30.0. The minimum Gasteiger partial charge on any atom is -0.462 e. The third-order valence-corrected chi connectivity index (χ3v) is 10.4. The van der Waals surface area contributed by atoms with E-state index in [1.807, 2.05) is 0 Å². The second-order valence-corrected chi connectivity index (χ2v) is 16.3. The Morgan fingerprint density at radius 3 is 1.00 bits per heavy atom. The van der Waals surface area contributed by atoms with E-state index in [0.29, 0.717) is 19.3 Å². The van der Waals surface area contributed by atoms with Crippen LogP contribution in [0.25, 0.3) is 0 Å². The molecule has 0 spiro atoms. The summed E-state index contributed by atoms with van der Waals surface area (Å²) in [5, 5.41) is 0. The van der Waals surface area contributed by atoms with Crippen molar-refractivity contribution in [1.82, 2.24) is 0 Å². The van der Waals surface area contributed by atoms with Crippen molar-refractivity contribution in [3.05, 3.63) is 85.1 Å². The van der Waals surface area contributed by atoms with Gasteiger partial charge in [-0.2, -0.15) is 0 Å². The van der Waals surface area contributed by atoms with Gasteiger partial charge in [0.2, 0.25) is 0 Å². The fourth-order valence-corrected chi connectivity index (χ4v) is 6.55. The maximum atomic E-state index is 12.8. The fraction of sp³-hybridized carbons (Fsp3) is 0.691. The largest absolute Gasteiger partial charge is 0.462 e. The number of hydrogen-bond acceptors (Lipinski definition) is 6. The van der Waals surface area contributed by atoms with Gasteiger partial charge < -0.3 is 14.2 Å². The molecular formula is C55H92O6. The van der Waals surface area contributed by atoms with E-state index in [9.17, 15) is 14.4 Å². The van der Waals surface area contributed by atoms with Crippen molar-refractivity contribution < 1.29 is 28.6 Å².